The van der Waals surface area contributed by atoms with Crippen molar-refractivity contribution in [1.82, 2.24) is 9.88 Å². The first kappa shape index (κ1) is 16.5. The normalized spacial score (nSPS) is 13.8. The lowest BCUT2D eigenvalue weighted by Gasteiger charge is -2.18. The Labute approximate surface area is 137 Å². The van der Waals surface area contributed by atoms with Crippen LogP contribution in [0.2, 0.25) is 0 Å². The number of rotatable bonds is 5. The number of aromatic nitrogens is 1. The van der Waals surface area contributed by atoms with Crippen LogP contribution in [-0.2, 0) is 16.1 Å². The number of nitrogens with zero attached hydrogens (tertiary/aromatic N) is 1. The van der Waals surface area contributed by atoms with Crippen molar-refractivity contribution >= 4 is 38.7 Å². The van der Waals surface area contributed by atoms with Gasteiger partial charge >= 0.3 is 5.97 Å². The SMILES string of the molecule is Cc1c(Br)c2ccccc2n1CC(=O)NC(C)C(C)C(=O)O. The van der Waals surface area contributed by atoms with Crippen LogP contribution >= 0.6 is 15.9 Å². The number of para-hydroxylation sites is 1. The summed E-state index contributed by atoms with van der Waals surface area (Å²) in [6.45, 7) is 5.39. The van der Waals surface area contributed by atoms with Crippen LogP contribution in [0.5, 0.6) is 0 Å². The average molecular weight is 367 g/mol. The maximum absolute atomic E-state index is 12.2. The Hall–Kier alpha value is -1.82. The smallest absolute Gasteiger partial charge is 0.308 e. The van der Waals surface area contributed by atoms with Gasteiger partial charge in [-0.15, -0.1) is 0 Å². The van der Waals surface area contributed by atoms with Crippen molar-refractivity contribution in [1.29, 1.82) is 0 Å². The number of hydrogen-bond acceptors (Lipinski definition) is 2. The zero-order chi connectivity index (χ0) is 16.4. The van der Waals surface area contributed by atoms with Gasteiger partial charge in [-0.25, -0.2) is 0 Å². The van der Waals surface area contributed by atoms with Crippen molar-refractivity contribution in [3.63, 3.8) is 0 Å². The largest absolute Gasteiger partial charge is 0.481 e. The van der Waals surface area contributed by atoms with Gasteiger partial charge in [0.25, 0.3) is 0 Å². The average Bonchev–Trinajstić information content (AvgIpc) is 2.72. The van der Waals surface area contributed by atoms with Gasteiger partial charge < -0.3 is 15.0 Å². The van der Waals surface area contributed by atoms with E-state index in [-0.39, 0.29) is 12.5 Å². The van der Waals surface area contributed by atoms with Gasteiger partial charge in [0.15, 0.2) is 0 Å². The summed E-state index contributed by atoms with van der Waals surface area (Å²) < 4.78 is 2.90. The highest BCUT2D eigenvalue weighted by atomic mass is 79.9. The Morgan fingerprint density at radius 1 is 1.32 bits per heavy atom. The van der Waals surface area contributed by atoms with E-state index in [9.17, 15) is 9.59 Å². The molecule has 2 atom stereocenters. The van der Waals surface area contributed by atoms with Gasteiger partial charge in [0, 0.05) is 27.1 Å². The van der Waals surface area contributed by atoms with E-state index in [0.29, 0.717) is 0 Å². The molecule has 0 aliphatic heterocycles. The fourth-order valence-corrected chi connectivity index (χ4v) is 2.92. The van der Waals surface area contributed by atoms with Crippen LogP contribution in [0.3, 0.4) is 0 Å². The number of nitrogens with one attached hydrogen (secondary N) is 1. The first-order valence-electron chi connectivity index (χ1n) is 7.08. The van der Waals surface area contributed by atoms with Gasteiger partial charge in [-0.1, -0.05) is 18.2 Å². The van der Waals surface area contributed by atoms with Gasteiger partial charge in [0.05, 0.1) is 5.92 Å². The lowest BCUT2D eigenvalue weighted by Crippen LogP contribution is -2.41. The van der Waals surface area contributed by atoms with Gasteiger partial charge in [0.1, 0.15) is 6.54 Å². The number of carbonyl (C=O) groups excluding carboxylic acids is 1. The third kappa shape index (κ3) is 3.16. The maximum atomic E-state index is 12.2. The van der Waals surface area contributed by atoms with E-state index in [1.807, 2.05) is 35.8 Å². The van der Waals surface area contributed by atoms with Crippen molar-refractivity contribution in [3.8, 4) is 0 Å². The summed E-state index contributed by atoms with van der Waals surface area (Å²) in [5.74, 6) is -1.74. The maximum Gasteiger partial charge on any atom is 0.308 e. The molecule has 0 bridgehead atoms. The van der Waals surface area contributed by atoms with E-state index in [1.165, 1.54) is 0 Å². The molecule has 0 aliphatic rings. The molecular formula is C16H19BrN2O3. The summed E-state index contributed by atoms with van der Waals surface area (Å²) in [5.41, 5.74) is 1.94. The van der Waals surface area contributed by atoms with Crippen LogP contribution in [0.15, 0.2) is 28.7 Å². The standard InChI is InChI=1S/C16H19BrN2O3/c1-9(16(21)22)10(2)18-14(20)8-19-11(3)15(17)12-6-4-5-7-13(12)19/h4-7,9-10H,8H2,1-3H3,(H,18,20)(H,21,22). The fraction of sp³-hybridized carbons (Fsp3) is 0.375. The van der Waals surface area contributed by atoms with Gasteiger partial charge in [-0.05, 0) is 42.8 Å². The van der Waals surface area contributed by atoms with Gasteiger partial charge in [-0.3, -0.25) is 9.59 Å². The van der Waals surface area contributed by atoms with E-state index in [1.54, 1.807) is 13.8 Å². The van der Waals surface area contributed by atoms with Crippen LogP contribution in [-0.4, -0.2) is 27.6 Å². The Morgan fingerprint density at radius 3 is 2.59 bits per heavy atom. The molecule has 2 unspecified atom stereocenters. The molecule has 1 aromatic carbocycles. The Morgan fingerprint density at radius 2 is 1.95 bits per heavy atom. The Balaban J connectivity index is 2.19. The number of halogens is 1. The van der Waals surface area contributed by atoms with E-state index in [4.69, 9.17) is 5.11 Å². The minimum absolute atomic E-state index is 0.161. The molecule has 5 nitrogen and oxygen atoms in total. The zero-order valence-electron chi connectivity index (χ0n) is 12.8. The number of hydrogen-bond donors (Lipinski definition) is 2. The topological polar surface area (TPSA) is 71.3 Å². The summed E-state index contributed by atoms with van der Waals surface area (Å²) in [7, 11) is 0. The number of benzene rings is 1. The summed E-state index contributed by atoms with van der Waals surface area (Å²) in [5, 5.41) is 12.8. The highest BCUT2D eigenvalue weighted by Gasteiger charge is 2.22. The molecule has 2 rings (SSSR count). The molecular weight excluding hydrogens is 348 g/mol. The van der Waals surface area contributed by atoms with Crippen molar-refractivity contribution in [2.24, 2.45) is 5.92 Å². The third-order valence-corrected chi connectivity index (χ3v) is 4.98. The zero-order valence-corrected chi connectivity index (χ0v) is 14.3. The second-order valence-corrected chi connectivity index (χ2v) is 6.28. The molecule has 0 spiro atoms. The molecule has 0 saturated carbocycles. The second kappa shape index (κ2) is 6.52. The number of fused-ring (bicyclic) bond motifs is 1. The molecule has 0 fully saturated rings. The van der Waals surface area contributed by atoms with Crippen molar-refractivity contribution in [2.75, 3.05) is 0 Å². The molecule has 1 amide bonds. The van der Waals surface area contributed by atoms with Crippen LogP contribution in [0.25, 0.3) is 10.9 Å². The molecule has 118 valence electrons. The number of carboxylic acids is 1. The van der Waals surface area contributed by atoms with Gasteiger partial charge in [0.2, 0.25) is 5.91 Å². The third-order valence-electron chi connectivity index (χ3n) is 3.98. The van der Waals surface area contributed by atoms with E-state index >= 15 is 0 Å². The lowest BCUT2D eigenvalue weighted by molar-refractivity contribution is -0.142. The molecule has 22 heavy (non-hydrogen) atoms. The monoisotopic (exact) mass is 366 g/mol. The Bertz CT molecular complexity index is 723. The van der Waals surface area contributed by atoms with Crippen LogP contribution in [0.4, 0.5) is 0 Å². The fourth-order valence-electron chi connectivity index (χ4n) is 2.37. The van der Waals surface area contributed by atoms with Crippen molar-refractivity contribution < 1.29 is 14.7 Å². The van der Waals surface area contributed by atoms with Crippen LogP contribution < -0.4 is 5.32 Å². The van der Waals surface area contributed by atoms with Crippen LogP contribution in [0, 0.1) is 12.8 Å². The number of carboxylic acid groups (broad SMARTS) is 1. The first-order chi connectivity index (χ1) is 10.3. The highest BCUT2D eigenvalue weighted by Crippen LogP contribution is 2.30. The highest BCUT2D eigenvalue weighted by molar-refractivity contribution is 9.10. The summed E-state index contributed by atoms with van der Waals surface area (Å²) in [4.78, 5) is 23.2. The van der Waals surface area contributed by atoms with Gasteiger partial charge in [-0.2, -0.15) is 0 Å². The van der Waals surface area contributed by atoms with E-state index in [0.717, 1.165) is 21.1 Å². The molecule has 0 radical (unpaired) electrons. The number of aliphatic carboxylic acids is 1. The predicted molar refractivity (Wildman–Crippen MR) is 88.8 cm³/mol. The first-order valence-corrected chi connectivity index (χ1v) is 7.87. The molecule has 6 heteroatoms. The van der Waals surface area contributed by atoms with E-state index in [2.05, 4.69) is 21.2 Å². The van der Waals surface area contributed by atoms with Crippen molar-refractivity contribution in [2.45, 2.75) is 33.4 Å². The quantitative estimate of drug-likeness (QED) is 0.854. The number of carbonyl (C=O) groups is 2. The second-order valence-electron chi connectivity index (χ2n) is 5.49. The Kier molecular flexibility index (Phi) is 4.90. The van der Waals surface area contributed by atoms with E-state index < -0.39 is 17.9 Å². The minimum Gasteiger partial charge on any atom is -0.481 e. The molecule has 1 heterocycles. The minimum atomic E-state index is -0.918. The molecule has 2 aromatic rings. The molecule has 0 aliphatic carbocycles. The summed E-state index contributed by atoms with van der Waals surface area (Å²) in [6.07, 6.45) is 0. The van der Waals surface area contributed by atoms with Crippen molar-refractivity contribution in [3.05, 3.63) is 34.4 Å². The molecule has 2 N–H and O–H groups in total. The summed E-state index contributed by atoms with van der Waals surface area (Å²) in [6, 6.07) is 7.42. The number of amides is 1. The lowest BCUT2D eigenvalue weighted by atomic mass is 10.0. The molecule has 0 saturated heterocycles. The summed E-state index contributed by atoms with van der Waals surface area (Å²) >= 11 is 3.55. The molecule has 1 aromatic heterocycles. The predicted octanol–water partition coefficient (Wildman–Crippen LogP) is 2.94. The van der Waals surface area contributed by atoms with Crippen LogP contribution in [0.1, 0.15) is 19.5 Å².